The minimum atomic E-state index is -2.47. The van der Waals surface area contributed by atoms with Gasteiger partial charge in [-0.25, -0.2) is 0 Å². The van der Waals surface area contributed by atoms with Gasteiger partial charge in [0.05, 0.1) is 5.92 Å². The van der Waals surface area contributed by atoms with Gasteiger partial charge in [-0.1, -0.05) is 45.4 Å². The van der Waals surface area contributed by atoms with Crippen LogP contribution in [-0.2, 0) is 19.2 Å². The number of carbonyl (C=O) groups excluding carboxylic acids is 4. The van der Waals surface area contributed by atoms with Gasteiger partial charge in [0.1, 0.15) is 5.92 Å². The molecule has 1 aliphatic carbocycles. The van der Waals surface area contributed by atoms with E-state index >= 15 is 0 Å². The molecule has 0 saturated heterocycles. The molecule has 1 unspecified atom stereocenters. The van der Waals surface area contributed by atoms with Crippen molar-refractivity contribution in [2.24, 2.45) is 23.7 Å². The van der Waals surface area contributed by atoms with Crippen LogP contribution in [0, 0.1) is 23.7 Å². The molecular weight excluding hydrogens is 332 g/mol. The van der Waals surface area contributed by atoms with Crippen LogP contribution < -0.4 is 0 Å². The van der Waals surface area contributed by atoms with Gasteiger partial charge in [0.2, 0.25) is 0 Å². The summed E-state index contributed by atoms with van der Waals surface area (Å²) in [7, 11) is 0. The van der Waals surface area contributed by atoms with Crippen LogP contribution in [0.2, 0.25) is 0 Å². The van der Waals surface area contributed by atoms with Crippen molar-refractivity contribution >= 4 is 23.1 Å². The Kier molecular flexibility index (Phi) is 7.39. The maximum Gasteiger partial charge on any atom is 0.196 e. The van der Waals surface area contributed by atoms with Gasteiger partial charge >= 0.3 is 0 Å². The molecule has 1 saturated carbocycles. The average molecular weight is 362 g/mol. The topological polar surface area (TPSA) is 88.5 Å². The van der Waals surface area contributed by atoms with Gasteiger partial charge in [0.25, 0.3) is 0 Å². The molecule has 0 aromatic heterocycles. The van der Waals surface area contributed by atoms with Crippen LogP contribution in [0.5, 0.6) is 0 Å². The first-order valence-electron chi connectivity index (χ1n) is 9.12. The Morgan fingerprint density at radius 2 is 1.73 bits per heavy atom. The van der Waals surface area contributed by atoms with Crippen LogP contribution in [0.3, 0.4) is 0 Å². The maximum absolute atomic E-state index is 12.8. The van der Waals surface area contributed by atoms with E-state index in [1.54, 1.807) is 12.2 Å². The number of carbonyl (C=O) groups is 4. The predicted molar refractivity (Wildman–Crippen MR) is 99.4 cm³/mol. The summed E-state index contributed by atoms with van der Waals surface area (Å²) in [5, 5.41) is 11.0. The Bertz CT molecular complexity index is 649. The van der Waals surface area contributed by atoms with Gasteiger partial charge in [-0.3, -0.25) is 19.2 Å². The molecule has 0 aromatic carbocycles. The van der Waals surface area contributed by atoms with Crippen LogP contribution in [-0.4, -0.2) is 33.8 Å². The van der Waals surface area contributed by atoms with Crippen molar-refractivity contribution < 1.29 is 24.3 Å². The van der Waals surface area contributed by atoms with Gasteiger partial charge in [0.15, 0.2) is 28.7 Å². The first-order chi connectivity index (χ1) is 11.9. The fourth-order valence-corrected chi connectivity index (χ4v) is 3.09. The third kappa shape index (κ3) is 4.64. The highest BCUT2D eigenvalue weighted by Gasteiger charge is 2.63. The average Bonchev–Trinajstić information content (AvgIpc) is 2.69. The van der Waals surface area contributed by atoms with E-state index in [2.05, 4.69) is 0 Å². The van der Waals surface area contributed by atoms with Gasteiger partial charge in [-0.05, 0) is 38.2 Å². The lowest BCUT2D eigenvalue weighted by atomic mass is 9.82. The molecule has 5 heteroatoms. The van der Waals surface area contributed by atoms with E-state index in [0.717, 1.165) is 11.6 Å². The molecule has 0 aliphatic heterocycles. The number of aliphatic hydroxyl groups is 1. The highest BCUT2D eigenvalue weighted by Crippen LogP contribution is 2.39. The monoisotopic (exact) mass is 362 g/mol. The SMILES string of the molecule is CC(C)=CC[C@@H]1C(=O)C(C(=O)CC(C)C)C(=O)[C@@]1(O)C(=O)C=CC(C)C. The van der Waals surface area contributed by atoms with Crippen molar-refractivity contribution in [1.29, 1.82) is 0 Å². The van der Waals surface area contributed by atoms with E-state index in [1.807, 2.05) is 41.5 Å². The van der Waals surface area contributed by atoms with Crippen molar-refractivity contribution in [1.82, 2.24) is 0 Å². The highest BCUT2D eigenvalue weighted by molar-refractivity contribution is 6.34. The number of ketones is 4. The lowest BCUT2D eigenvalue weighted by Gasteiger charge is -2.24. The predicted octanol–water partition coefficient (Wildman–Crippen LogP) is 2.85. The summed E-state index contributed by atoms with van der Waals surface area (Å²) in [6.07, 6.45) is 4.54. The zero-order valence-corrected chi connectivity index (χ0v) is 16.5. The second-order valence-electron chi connectivity index (χ2n) is 8.07. The van der Waals surface area contributed by atoms with E-state index in [9.17, 15) is 24.3 Å². The summed E-state index contributed by atoms with van der Waals surface area (Å²) >= 11 is 0. The largest absolute Gasteiger partial charge is 0.374 e. The van der Waals surface area contributed by atoms with Gasteiger partial charge in [-0.2, -0.15) is 0 Å². The molecule has 0 heterocycles. The number of rotatable bonds is 8. The third-order valence-electron chi connectivity index (χ3n) is 4.47. The Balaban J connectivity index is 3.35. The van der Waals surface area contributed by atoms with E-state index in [4.69, 9.17) is 0 Å². The first-order valence-corrected chi connectivity index (χ1v) is 9.12. The quantitative estimate of drug-likeness (QED) is 0.407. The summed E-state index contributed by atoms with van der Waals surface area (Å²) in [6, 6.07) is 0. The maximum atomic E-state index is 12.8. The van der Waals surface area contributed by atoms with Gasteiger partial charge in [-0.15, -0.1) is 0 Å². The molecule has 144 valence electrons. The van der Waals surface area contributed by atoms with Crippen LogP contribution in [0.15, 0.2) is 23.8 Å². The van der Waals surface area contributed by atoms with Crippen molar-refractivity contribution in [3.63, 3.8) is 0 Å². The molecule has 26 heavy (non-hydrogen) atoms. The van der Waals surface area contributed by atoms with Gasteiger partial charge < -0.3 is 5.11 Å². The molecule has 0 spiro atoms. The second kappa shape index (κ2) is 8.67. The Morgan fingerprint density at radius 1 is 1.15 bits per heavy atom. The van der Waals surface area contributed by atoms with Crippen LogP contribution >= 0.6 is 0 Å². The minimum Gasteiger partial charge on any atom is -0.374 e. The van der Waals surface area contributed by atoms with Crippen molar-refractivity contribution in [2.75, 3.05) is 0 Å². The van der Waals surface area contributed by atoms with Crippen molar-refractivity contribution in [2.45, 2.75) is 60.0 Å². The number of hydrogen-bond donors (Lipinski definition) is 1. The minimum absolute atomic E-state index is 0.0236. The van der Waals surface area contributed by atoms with Crippen molar-refractivity contribution in [3.8, 4) is 0 Å². The highest BCUT2D eigenvalue weighted by atomic mass is 16.3. The summed E-state index contributed by atoms with van der Waals surface area (Å²) < 4.78 is 0. The summed E-state index contributed by atoms with van der Waals surface area (Å²) in [5.74, 6) is -5.71. The molecule has 0 aromatic rings. The number of hydrogen-bond acceptors (Lipinski definition) is 5. The van der Waals surface area contributed by atoms with E-state index in [-0.39, 0.29) is 24.7 Å². The molecule has 1 rings (SSSR count). The lowest BCUT2D eigenvalue weighted by molar-refractivity contribution is -0.151. The molecule has 0 radical (unpaired) electrons. The Morgan fingerprint density at radius 3 is 2.19 bits per heavy atom. The van der Waals surface area contributed by atoms with Crippen LogP contribution in [0.25, 0.3) is 0 Å². The smallest absolute Gasteiger partial charge is 0.196 e. The molecule has 1 fully saturated rings. The van der Waals surface area contributed by atoms with Crippen LogP contribution in [0.4, 0.5) is 0 Å². The number of Topliss-reactive ketones (excluding diaryl/α,β-unsaturated/α-hetero) is 3. The normalized spacial score (nSPS) is 26.2. The third-order valence-corrected chi connectivity index (χ3v) is 4.47. The molecule has 1 aliphatic rings. The fraction of sp³-hybridized carbons (Fsp3) is 0.619. The summed E-state index contributed by atoms with van der Waals surface area (Å²) in [4.78, 5) is 50.7. The van der Waals surface area contributed by atoms with Crippen LogP contribution in [0.1, 0.15) is 54.4 Å². The second-order valence-corrected chi connectivity index (χ2v) is 8.07. The van der Waals surface area contributed by atoms with Crippen molar-refractivity contribution in [3.05, 3.63) is 23.8 Å². The Labute approximate surface area is 155 Å². The number of allylic oxidation sites excluding steroid dienone is 3. The molecule has 0 bridgehead atoms. The van der Waals surface area contributed by atoms with E-state index in [1.165, 1.54) is 0 Å². The summed E-state index contributed by atoms with van der Waals surface area (Å²) in [6.45, 7) is 11.0. The van der Waals surface area contributed by atoms with E-state index < -0.39 is 40.6 Å². The fourth-order valence-electron chi connectivity index (χ4n) is 3.09. The molecule has 3 atom stereocenters. The molecular formula is C21H30O5. The zero-order chi connectivity index (χ0) is 20.2. The molecule has 0 amide bonds. The first kappa shape index (κ1) is 22.2. The Hall–Kier alpha value is -1.88. The zero-order valence-electron chi connectivity index (χ0n) is 16.5. The standard InChI is InChI=1S/C21H30O5/c1-12(2)7-9-15-19(24)18(16(22)11-14(5)6)20(25)21(15,26)17(23)10-8-13(3)4/h7-8,10,13-15,18,26H,9,11H2,1-6H3/t15-,18?,21+/m1/s1. The lowest BCUT2D eigenvalue weighted by Crippen LogP contribution is -2.49. The van der Waals surface area contributed by atoms with E-state index in [0.29, 0.717) is 0 Å². The van der Waals surface area contributed by atoms with Gasteiger partial charge in [0, 0.05) is 6.42 Å². The molecule has 1 N–H and O–H groups in total. The summed E-state index contributed by atoms with van der Waals surface area (Å²) in [5.41, 5.74) is -1.57. The molecule has 5 nitrogen and oxygen atoms in total.